The number of hydrogen-bond donors (Lipinski definition) is 1. The Kier molecular flexibility index (Phi) is 6.15. The first-order chi connectivity index (χ1) is 13.4. The number of carbonyl (C=O) groups excluding carboxylic acids is 1. The second-order valence-electron chi connectivity index (χ2n) is 6.54. The van der Waals surface area contributed by atoms with E-state index in [9.17, 15) is 18.0 Å². The van der Waals surface area contributed by atoms with E-state index >= 15 is 0 Å². The second-order valence-corrected chi connectivity index (χ2v) is 8.45. The highest BCUT2D eigenvalue weighted by Gasteiger charge is 2.29. The summed E-state index contributed by atoms with van der Waals surface area (Å²) in [5.41, 5.74) is 0.163. The van der Waals surface area contributed by atoms with Crippen molar-refractivity contribution in [3.8, 4) is 5.75 Å². The van der Waals surface area contributed by atoms with Crippen molar-refractivity contribution >= 4 is 15.9 Å². The first-order valence-corrected chi connectivity index (χ1v) is 10.4. The van der Waals surface area contributed by atoms with Gasteiger partial charge >= 0.3 is 0 Å². The summed E-state index contributed by atoms with van der Waals surface area (Å²) in [5, 5.41) is 2.73. The lowest BCUT2D eigenvalue weighted by atomic mass is 10.2. The molecule has 1 aliphatic heterocycles. The Hall–Kier alpha value is -2.65. The molecule has 1 aliphatic rings. The van der Waals surface area contributed by atoms with E-state index in [1.165, 1.54) is 22.6 Å². The molecule has 3 rings (SSSR count). The molecule has 28 heavy (non-hydrogen) atoms. The molecule has 0 unspecified atom stereocenters. The molecule has 1 aromatic heterocycles. The fraction of sp³-hybridized carbons (Fsp3) is 0.368. The average Bonchev–Trinajstić information content (AvgIpc) is 3.24. The van der Waals surface area contributed by atoms with Gasteiger partial charge in [-0.05, 0) is 42.7 Å². The Morgan fingerprint density at radius 1 is 1.18 bits per heavy atom. The zero-order chi connectivity index (χ0) is 20.1. The van der Waals surface area contributed by atoms with Gasteiger partial charge < -0.3 is 14.6 Å². The van der Waals surface area contributed by atoms with Gasteiger partial charge in [-0.15, -0.1) is 0 Å². The lowest BCUT2D eigenvalue weighted by Gasteiger charge is -2.16. The van der Waals surface area contributed by atoms with Crippen LogP contribution in [0.3, 0.4) is 0 Å². The van der Waals surface area contributed by atoms with Crippen LogP contribution in [-0.4, -0.2) is 43.4 Å². The number of methoxy groups -OCH3 is 1. The summed E-state index contributed by atoms with van der Waals surface area (Å²) in [4.78, 5) is 24.6. The summed E-state index contributed by atoms with van der Waals surface area (Å²) >= 11 is 0. The number of sulfonamides is 1. The molecule has 1 N–H and O–H groups in total. The predicted molar refractivity (Wildman–Crippen MR) is 104 cm³/mol. The van der Waals surface area contributed by atoms with Crippen molar-refractivity contribution in [1.29, 1.82) is 0 Å². The topological polar surface area (TPSA) is 97.7 Å². The molecule has 9 heteroatoms. The van der Waals surface area contributed by atoms with Gasteiger partial charge in [-0.2, -0.15) is 4.31 Å². The smallest absolute Gasteiger partial charge is 0.271 e. The number of aromatic nitrogens is 1. The molecular weight excluding hydrogens is 382 g/mol. The van der Waals surface area contributed by atoms with Crippen molar-refractivity contribution in [2.75, 3.05) is 20.2 Å². The third-order valence-corrected chi connectivity index (χ3v) is 6.52. The minimum Gasteiger partial charge on any atom is -0.497 e. The molecule has 2 heterocycles. The summed E-state index contributed by atoms with van der Waals surface area (Å²) < 4.78 is 32.9. The van der Waals surface area contributed by atoms with Crippen molar-refractivity contribution in [3.05, 3.63) is 58.5 Å². The molecule has 0 bridgehead atoms. The maximum absolute atomic E-state index is 12.7. The van der Waals surface area contributed by atoms with Crippen molar-refractivity contribution in [2.45, 2.75) is 30.8 Å². The molecule has 0 atom stereocenters. The lowest BCUT2D eigenvalue weighted by Crippen LogP contribution is -2.37. The number of ether oxygens (including phenoxy) is 1. The maximum Gasteiger partial charge on any atom is 0.271 e. The zero-order valence-corrected chi connectivity index (χ0v) is 16.4. The zero-order valence-electron chi connectivity index (χ0n) is 15.6. The number of benzene rings is 1. The van der Waals surface area contributed by atoms with Gasteiger partial charge in [-0.3, -0.25) is 9.59 Å². The van der Waals surface area contributed by atoms with Crippen molar-refractivity contribution in [3.63, 3.8) is 0 Å². The van der Waals surface area contributed by atoms with Crippen LogP contribution in [0.25, 0.3) is 0 Å². The summed E-state index contributed by atoms with van der Waals surface area (Å²) in [6, 6.07) is 10.0. The predicted octanol–water partition coefficient (Wildman–Crippen LogP) is 0.958. The number of carbonyl (C=O) groups is 1. The van der Waals surface area contributed by atoms with Crippen LogP contribution in [0.5, 0.6) is 5.75 Å². The summed E-state index contributed by atoms with van der Waals surface area (Å²) in [6.45, 7) is 0.845. The first kappa shape index (κ1) is 20.1. The minimum absolute atomic E-state index is 0.258. The molecule has 0 spiro atoms. The summed E-state index contributed by atoms with van der Waals surface area (Å²) in [6.07, 6.45) is 2.98. The van der Waals surface area contributed by atoms with Crippen LogP contribution in [0.1, 0.15) is 18.4 Å². The first-order valence-electron chi connectivity index (χ1n) is 9.01. The normalized spacial score (nSPS) is 14.8. The third kappa shape index (κ3) is 4.42. The molecule has 150 valence electrons. The van der Waals surface area contributed by atoms with E-state index in [0.717, 1.165) is 23.0 Å². The lowest BCUT2D eigenvalue weighted by molar-refractivity contribution is -0.121. The van der Waals surface area contributed by atoms with E-state index in [4.69, 9.17) is 4.74 Å². The van der Waals surface area contributed by atoms with Crippen LogP contribution in [0.2, 0.25) is 0 Å². The van der Waals surface area contributed by atoms with Crippen LogP contribution in [-0.2, 0) is 27.9 Å². The number of pyridine rings is 1. The van der Waals surface area contributed by atoms with Gasteiger partial charge in [0, 0.05) is 25.8 Å². The Morgan fingerprint density at radius 3 is 2.64 bits per heavy atom. The van der Waals surface area contributed by atoms with Crippen molar-refractivity contribution in [2.24, 2.45) is 0 Å². The van der Waals surface area contributed by atoms with Gasteiger partial charge in [0.25, 0.3) is 5.56 Å². The quantitative estimate of drug-likeness (QED) is 0.740. The fourth-order valence-corrected chi connectivity index (χ4v) is 4.70. The van der Waals surface area contributed by atoms with Crippen LogP contribution in [0.15, 0.2) is 52.3 Å². The Labute approximate surface area is 163 Å². The maximum atomic E-state index is 12.7. The molecule has 2 aromatic rings. The van der Waals surface area contributed by atoms with Gasteiger partial charge in [0.15, 0.2) is 0 Å². The van der Waals surface area contributed by atoms with E-state index in [1.807, 2.05) is 12.1 Å². The van der Waals surface area contributed by atoms with Gasteiger partial charge in [0.2, 0.25) is 15.9 Å². The minimum atomic E-state index is -3.84. The second kappa shape index (κ2) is 8.57. The van der Waals surface area contributed by atoms with Crippen molar-refractivity contribution in [1.82, 2.24) is 14.2 Å². The highest BCUT2D eigenvalue weighted by atomic mass is 32.2. The number of nitrogens with one attached hydrogen (secondary N) is 1. The summed E-state index contributed by atoms with van der Waals surface area (Å²) in [5.74, 6) is 0.295. The van der Waals surface area contributed by atoms with E-state index in [2.05, 4.69) is 5.32 Å². The monoisotopic (exact) mass is 405 g/mol. The Balaban J connectivity index is 1.70. The molecule has 1 amide bonds. The van der Waals surface area contributed by atoms with Gasteiger partial charge in [0.05, 0.1) is 7.11 Å². The SMILES string of the molecule is COc1cccc(CNC(=O)Cn2cccc(S(=O)(=O)N3CCCC3)c2=O)c1. The largest absolute Gasteiger partial charge is 0.497 e. The van der Waals surface area contributed by atoms with E-state index in [1.54, 1.807) is 19.2 Å². The average molecular weight is 405 g/mol. The third-order valence-electron chi connectivity index (χ3n) is 4.61. The van der Waals surface area contributed by atoms with Crippen LogP contribution >= 0.6 is 0 Å². The summed E-state index contributed by atoms with van der Waals surface area (Å²) in [7, 11) is -2.27. The highest BCUT2D eigenvalue weighted by molar-refractivity contribution is 7.89. The highest BCUT2D eigenvalue weighted by Crippen LogP contribution is 2.18. The van der Waals surface area contributed by atoms with Crippen LogP contribution in [0.4, 0.5) is 0 Å². The molecule has 1 saturated heterocycles. The van der Waals surface area contributed by atoms with Crippen LogP contribution in [0, 0.1) is 0 Å². The van der Waals surface area contributed by atoms with Gasteiger partial charge in [0.1, 0.15) is 17.2 Å². The molecular formula is C19H23N3O5S. The van der Waals surface area contributed by atoms with E-state index < -0.39 is 15.6 Å². The van der Waals surface area contributed by atoms with E-state index in [-0.39, 0.29) is 23.9 Å². The number of rotatable bonds is 7. The van der Waals surface area contributed by atoms with Crippen molar-refractivity contribution < 1.29 is 17.9 Å². The van der Waals surface area contributed by atoms with Gasteiger partial charge in [-0.25, -0.2) is 8.42 Å². The fourth-order valence-electron chi connectivity index (χ4n) is 3.10. The number of amides is 1. The number of hydrogen-bond acceptors (Lipinski definition) is 5. The molecule has 0 aliphatic carbocycles. The Morgan fingerprint density at radius 2 is 1.93 bits per heavy atom. The molecule has 1 fully saturated rings. The molecule has 0 saturated carbocycles. The van der Waals surface area contributed by atoms with Gasteiger partial charge in [-0.1, -0.05) is 12.1 Å². The molecule has 1 aromatic carbocycles. The molecule has 0 radical (unpaired) electrons. The Bertz CT molecular complexity index is 1010. The van der Waals surface area contributed by atoms with E-state index in [0.29, 0.717) is 18.8 Å². The van der Waals surface area contributed by atoms with Crippen LogP contribution < -0.4 is 15.6 Å². The standard InChI is InChI=1S/C19H23N3O5S/c1-27-16-7-4-6-15(12-16)13-20-18(23)14-21-9-5-8-17(19(21)24)28(25,26)22-10-2-3-11-22/h4-9,12H,2-3,10-11,13-14H2,1H3,(H,20,23). The number of nitrogens with zero attached hydrogens (tertiary/aromatic N) is 2. The molecule has 8 nitrogen and oxygen atoms in total.